The molecule has 1 N–H and O–H groups in total. The van der Waals surface area contributed by atoms with Crippen molar-refractivity contribution in [2.24, 2.45) is 0 Å². The first-order valence-corrected chi connectivity index (χ1v) is 7.36. The zero-order chi connectivity index (χ0) is 13.4. The molecule has 0 unspecified atom stereocenters. The second kappa shape index (κ2) is 4.78. The fraction of sp³-hybridized carbons (Fsp3) is 0.333. The summed E-state index contributed by atoms with van der Waals surface area (Å²) in [7, 11) is 0. The molecule has 0 aromatic carbocycles. The molecule has 0 atom stereocenters. The number of rotatable bonds is 3. The molecule has 0 aliphatic rings. The molecule has 3 aromatic heterocycles. The summed E-state index contributed by atoms with van der Waals surface area (Å²) >= 11 is 1.83. The van der Waals surface area contributed by atoms with E-state index >= 15 is 0 Å². The smallest absolute Gasteiger partial charge is 0.137 e. The first kappa shape index (κ1) is 12.4. The molecule has 0 aliphatic carbocycles. The van der Waals surface area contributed by atoms with Crippen LogP contribution in [0.15, 0.2) is 18.5 Å². The van der Waals surface area contributed by atoms with E-state index in [1.807, 2.05) is 17.5 Å². The number of H-pyrrole nitrogens is 1. The SMILES string of the molecule is CCc1nc(C)c(Cc2c[nH]c3ncc(C)cc23)s1. The van der Waals surface area contributed by atoms with Gasteiger partial charge in [0, 0.05) is 29.1 Å². The van der Waals surface area contributed by atoms with Crippen molar-refractivity contribution < 1.29 is 0 Å². The first-order valence-electron chi connectivity index (χ1n) is 6.55. The second-order valence-corrected chi connectivity index (χ2v) is 6.04. The number of aromatic nitrogens is 3. The van der Waals surface area contributed by atoms with Crippen molar-refractivity contribution in [2.45, 2.75) is 33.6 Å². The highest BCUT2D eigenvalue weighted by atomic mass is 32.1. The molecule has 0 spiro atoms. The number of pyridine rings is 1. The summed E-state index contributed by atoms with van der Waals surface area (Å²) < 4.78 is 0. The predicted octanol–water partition coefficient (Wildman–Crippen LogP) is 3.79. The van der Waals surface area contributed by atoms with Gasteiger partial charge in [0.2, 0.25) is 0 Å². The number of nitrogens with one attached hydrogen (secondary N) is 1. The van der Waals surface area contributed by atoms with Crippen molar-refractivity contribution in [3.63, 3.8) is 0 Å². The van der Waals surface area contributed by atoms with Crippen molar-refractivity contribution in [3.05, 3.63) is 45.2 Å². The number of hydrogen-bond acceptors (Lipinski definition) is 3. The van der Waals surface area contributed by atoms with Crippen molar-refractivity contribution in [2.75, 3.05) is 0 Å². The molecular weight excluding hydrogens is 254 g/mol. The molecule has 19 heavy (non-hydrogen) atoms. The Kier molecular flexibility index (Phi) is 3.11. The second-order valence-electron chi connectivity index (χ2n) is 4.87. The minimum Gasteiger partial charge on any atom is -0.346 e. The quantitative estimate of drug-likeness (QED) is 0.787. The number of thiazole rings is 1. The van der Waals surface area contributed by atoms with E-state index in [1.165, 1.54) is 26.4 Å². The molecule has 0 fully saturated rings. The van der Waals surface area contributed by atoms with E-state index in [1.54, 1.807) is 0 Å². The van der Waals surface area contributed by atoms with Crippen molar-refractivity contribution >= 4 is 22.4 Å². The Balaban J connectivity index is 2.00. The van der Waals surface area contributed by atoms with Crippen LogP contribution >= 0.6 is 11.3 Å². The number of aromatic amines is 1. The maximum Gasteiger partial charge on any atom is 0.137 e. The fourth-order valence-corrected chi connectivity index (χ4v) is 3.32. The molecule has 0 radical (unpaired) electrons. The van der Waals surface area contributed by atoms with Crippen LogP contribution in [0.3, 0.4) is 0 Å². The summed E-state index contributed by atoms with van der Waals surface area (Å²) in [5.41, 5.74) is 4.64. The van der Waals surface area contributed by atoms with Gasteiger partial charge >= 0.3 is 0 Å². The Morgan fingerprint density at radius 1 is 1.32 bits per heavy atom. The Bertz CT molecular complexity index is 724. The summed E-state index contributed by atoms with van der Waals surface area (Å²) in [6.45, 7) is 6.33. The summed E-state index contributed by atoms with van der Waals surface area (Å²) in [6.07, 6.45) is 5.92. The Morgan fingerprint density at radius 2 is 2.16 bits per heavy atom. The summed E-state index contributed by atoms with van der Waals surface area (Å²) in [4.78, 5) is 13.6. The van der Waals surface area contributed by atoms with Gasteiger partial charge in [-0.05, 0) is 37.5 Å². The molecule has 3 nitrogen and oxygen atoms in total. The summed E-state index contributed by atoms with van der Waals surface area (Å²) in [5.74, 6) is 0. The van der Waals surface area contributed by atoms with Crippen LogP contribution in [0.2, 0.25) is 0 Å². The number of fused-ring (bicyclic) bond motifs is 1. The molecule has 3 aromatic rings. The molecule has 98 valence electrons. The zero-order valence-electron chi connectivity index (χ0n) is 11.4. The third kappa shape index (κ3) is 2.28. The maximum absolute atomic E-state index is 4.60. The summed E-state index contributed by atoms with van der Waals surface area (Å²) in [5, 5.41) is 2.45. The number of nitrogens with zero attached hydrogens (tertiary/aromatic N) is 2. The third-order valence-corrected chi connectivity index (χ3v) is 4.65. The highest BCUT2D eigenvalue weighted by molar-refractivity contribution is 7.11. The van der Waals surface area contributed by atoms with Crippen molar-refractivity contribution in [1.29, 1.82) is 0 Å². The largest absolute Gasteiger partial charge is 0.346 e. The Labute approximate surface area is 116 Å². The average molecular weight is 271 g/mol. The minimum atomic E-state index is 0.939. The maximum atomic E-state index is 4.60. The van der Waals surface area contributed by atoms with Crippen LogP contribution in [0.25, 0.3) is 11.0 Å². The van der Waals surface area contributed by atoms with Gasteiger partial charge in [-0.2, -0.15) is 0 Å². The highest BCUT2D eigenvalue weighted by Gasteiger charge is 2.11. The van der Waals surface area contributed by atoms with Crippen LogP contribution in [0.5, 0.6) is 0 Å². The van der Waals surface area contributed by atoms with Gasteiger partial charge in [-0.25, -0.2) is 9.97 Å². The molecule has 3 rings (SSSR count). The third-order valence-electron chi connectivity index (χ3n) is 3.34. The monoisotopic (exact) mass is 271 g/mol. The standard InChI is InChI=1S/C15H17N3S/c1-4-14-18-10(3)13(19-14)6-11-8-17-15-12(11)5-9(2)7-16-15/h5,7-8H,4,6H2,1-3H3,(H,16,17). The normalized spacial score (nSPS) is 11.3. The minimum absolute atomic E-state index is 0.939. The van der Waals surface area contributed by atoms with E-state index in [0.717, 1.165) is 24.2 Å². The van der Waals surface area contributed by atoms with Crippen LogP contribution < -0.4 is 0 Å². The van der Waals surface area contributed by atoms with E-state index in [9.17, 15) is 0 Å². The lowest BCUT2D eigenvalue weighted by Crippen LogP contribution is -1.87. The van der Waals surface area contributed by atoms with Gasteiger partial charge in [0.25, 0.3) is 0 Å². The lowest BCUT2D eigenvalue weighted by atomic mass is 10.1. The molecule has 0 saturated heterocycles. The molecule has 0 bridgehead atoms. The van der Waals surface area contributed by atoms with Crippen molar-refractivity contribution in [3.8, 4) is 0 Å². The van der Waals surface area contributed by atoms with Crippen LogP contribution in [0.4, 0.5) is 0 Å². The molecule has 0 amide bonds. The van der Waals surface area contributed by atoms with Gasteiger partial charge in [-0.3, -0.25) is 0 Å². The number of aryl methyl sites for hydroxylation is 3. The average Bonchev–Trinajstić information content (AvgIpc) is 2.95. The van der Waals surface area contributed by atoms with Crippen molar-refractivity contribution in [1.82, 2.24) is 15.0 Å². The van der Waals surface area contributed by atoms with Crippen LogP contribution in [-0.2, 0) is 12.8 Å². The van der Waals surface area contributed by atoms with E-state index in [-0.39, 0.29) is 0 Å². The van der Waals surface area contributed by atoms with Crippen LogP contribution in [0, 0.1) is 13.8 Å². The predicted molar refractivity (Wildman–Crippen MR) is 79.9 cm³/mol. The lowest BCUT2D eigenvalue weighted by molar-refractivity contribution is 1.05. The molecule has 0 saturated carbocycles. The van der Waals surface area contributed by atoms with E-state index < -0.39 is 0 Å². The van der Waals surface area contributed by atoms with Gasteiger partial charge in [-0.1, -0.05) is 6.92 Å². The van der Waals surface area contributed by atoms with E-state index in [0.29, 0.717) is 0 Å². The van der Waals surface area contributed by atoms with Gasteiger partial charge in [-0.15, -0.1) is 11.3 Å². The zero-order valence-corrected chi connectivity index (χ0v) is 12.3. The van der Waals surface area contributed by atoms with E-state index in [2.05, 4.69) is 48.0 Å². The van der Waals surface area contributed by atoms with Crippen LogP contribution in [0.1, 0.15) is 33.6 Å². The summed E-state index contributed by atoms with van der Waals surface area (Å²) in [6, 6.07) is 2.20. The Morgan fingerprint density at radius 3 is 2.89 bits per heavy atom. The number of hydrogen-bond donors (Lipinski definition) is 1. The van der Waals surface area contributed by atoms with Gasteiger partial charge in [0.1, 0.15) is 5.65 Å². The molecular formula is C15H17N3S. The highest BCUT2D eigenvalue weighted by Crippen LogP contribution is 2.25. The Hall–Kier alpha value is -1.68. The van der Waals surface area contributed by atoms with Gasteiger partial charge in [0.05, 0.1) is 10.7 Å². The molecule has 0 aliphatic heterocycles. The van der Waals surface area contributed by atoms with E-state index in [4.69, 9.17) is 0 Å². The molecule has 4 heteroatoms. The molecule has 3 heterocycles. The topological polar surface area (TPSA) is 41.6 Å². The fourth-order valence-electron chi connectivity index (χ4n) is 2.28. The van der Waals surface area contributed by atoms with Gasteiger partial charge < -0.3 is 4.98 Å². The lowest BCUT2D eigenvalue weighted by Gasteiger charge is -1.98. The van der Waals surface area contributed by atoms with Gasteiger partial charge in [0.15, 0.2) is 0 Å². The first-order chi connectivity index (χ1) is 9.17. The van der Waals surface area contributed by atoms with Crippen LogP contribution in [-0.4, -0.2) is 15.0 Å².